The lowest BCUT2D eigenvalue weighted by Crippen LogP contribution is -2.16. The summed E-state index contributed by atoms with van der Waals surface area (Å²) in [6.07, 6.45) is 14.0. The fraction of sp³-hybridized carbons (Fsp3) is 0.0847. The molecular weight excluding hydrogens is 739 g/mol. The zero-order chi connectivity index (χ0) is 41.1. The summed E-state index contributed by atoms with van der Waals surface area (Å²) < 4.78 is 6.54. The molecule has 2 nitrogen and oxygen atoms in total. The van der Waals surface area contributed by atoms with E-state index in [1.165, 1.54) is 55.5 Å². The molecule has 0 fully saturated rings. The highest BCUT2D eigenvalue weighted by Gasteiger charge is 2.37. The van der Waals surface area contributed by atoms with Crippen LogP contribution in [0.2, 0.25) is 0 Å². The Labute approximate surface area is 357 Å². The average molecular weight is 784 g/mol. The van der Waals surface area contributed by atoms with Gasteiger partial charge in [-0.25, -0.2) is 0 Å². The second kappa shape index (κ2) is 14.7. The van der Waals surface area contributed by atoms with Gasteiger partial charge >= 0.3 is 0 Å². The van der Waals surface area contributed by atoms with Gasteiger partial charge in [-0.1, -0.05) is 172 Å². The maximum atomic E-state index is 6.54. The fourth-order valence-corrected chi connectivity index (χ4v) is 9.95. The average Bonchev–Trinajstić information content (AvgIpc) is 3.81. The van der Waals surface area contributed by atoms with Gasteiger partial charge in [0.05, 0.1) is 5.69 Å². The summed E-state index contributed by atoms with van der Waals surface area (Å²) in [4.78, 5) is 2.41. The van der Waals surface area contributed by atoms with Crippen LogP contribution in [0.3, 0.4) is 0 Å². The van der Waals surface area contributed by atoms with Crippen molar-refractivity contribution in [3.05, 3.63) is 229 Å². The normalized spacial score (nSPS) is 14.9. The molecule has 8 aromatic carbocycles. The Balaban J connectivity index is 1.05. The molecule has 0 saturated heterocycles. The predicted octanol–water partition coefficient (Wildman–Crippen LogP) is 16.7. The Morgan fingerprint density at radius 2 is 1.30 bits per heavy atom. The van der Waals surface area contributed by atoms with Gasteiger partial charge < -0.3 is 9.32 Å². The summed E-state index contributed by atoms with van der Waals surface area (Å²) in [5.41, 5.74) is 19.0. The molecule has 0 atom stereocenters. The van der Waals surface area contributed by atoms with Crippen molar-refractivity contribution < 1.29 is 4.42 Å². The Bertz CT molecular complexity index is 3290. The van der Waals surface area contributed by atoms with Gasteiger partial charge in [0, 0.05) is 38.5 Å². The molecular formula is C59H45NO. The van der Waals surface area contributed by atoms with Crippen LogP contribution in [0.25, 0.3) is 71.7 Å². The molecule has 2 aliphatic rings. The van der Waals surface area contributed by atoms with E-state index in [1.54, 1.807) is 0 Å². The highest BCUT2D eigenvalue weighted by Crippen LogP contribution is 2.52. The van der Waals surface area contributed by atoms with E-state index in [-0.39, 0.29) is 5.41 Å². The lowest BCUT2D eigenvalue weighted by molar-refractivity contribution is 0.662. The number of anilines is 3. The molecule has 1 heterocycles. The van der Waals surface area contributed by atoms with Crippen molar-refractivity contribution in [1.29, 1.82) is 0 Å². The Hall–Kier alpha value is -7.42. The number of nitrogens with zero attached hydrogens (tertiary/aromatic N) is 1. The number of furan rings is 1. The SMILES string of the molecule is C/C=C\C(=C1\C=CC=CC1)c1ccc(N(c2ccc(-c3cccc4c3C(C)(C)c3ccccc3-4)cc2)c2ccccc2-c2ccc3oc4c5ccccc5ccc4c3c2)cc1. The van der Waals surface area contributed by atoms with Crippen molar-refractivity contribution in [2.45, 2.75) is 32.6 Å². The molecule has 9 aromatic rings. The Morgan fingerprint density at radius 3 is 2.10 bits per heavy atom. The summed E-state index contributed by atoms with van der Waals surface area (Å²) >= 11 is 0. The molecule has 0 aliphatic heterocycles. The van der Waals surface area contributed by atoms with Gasteiger partial charge in [0.1, 0.15) is 11.2 Å². The fourth-order valence-electron chi connectivity index (χ4n) is 9.95. The summed E-state index contributed by atoms with van der Waals surface area (Å²) in [7, 11) is 0. The minimum absolute atomic E-state index is 0.104. The molecule has 0 spiro atoms. The minimum Gasteiger partial charge on any atom is -0.455 e. The van der Waals surface area contributed by atoms with Crippen LogP contribution in [-0.4, -0.2) is 0 Å². The predicted molar refractivity (Wildman–Crippen MR) is 259 cm³/mol. The molecule has 2 heteroatoms. The summed E-state index contributed by atoms with van der Waals surface area (Å²) in [6, 6.07) is 62.2. The van der Waals surface area contributed by atoms with Gasteiger partial charge in [-0.3, -0.25) is 0 Å². The zero-order valence-corrected chi connectivity index (χ0v) is 34.7. The number of benzene rings is 8. The molecule has 0 bridgehead atoms. The van der Waals surface area contributed by atoms with Crippen molar-refractivity contribution in [3.63, 3.8) is 0 Å². The van der Waals surface area contributed by atoms with E-state index in [2.05, 4.69) is 232 Å². The maximum Gasteiger partial charge on any atom is 0.143 e. The standard InChI is InChI=1S/C59H45NO/c1-4-15-46(39-16-6-5-7-17-39)41-26-32-44(33-27-41)60(45-34-28-42(29-35-45)48-22-14-23-51-50-21-10-12-24-54(50)59(2,3)57(48)51)55-25-13-11-19-47(55)43-31-37-56-53(38-43)52-36-30-40-18-8-9-20-49(40)58(52)61-56/h4-16,18-38H,17H2,1-3H3/b15-4-,46-39+. The van der Waals surface area contributed by atoms with Crippen molar-refractivity contribution in [2.24, 2.45) is 0 Å². The molecule has 11 rings (SSSR count). The first kappa shape index (κ1) is 36.6. The lowest BCUT2D eigenvalue weighted by atomic mass is 9.79. The van der Waals surface area contributed by atoms with Crippen molar-refractivity contribution in [3.8, 4) is 33.4 Å². The van der Waals surface area contributed by atoms with Gasteiger partial charge in [-0.05, 0) is 123 Å². The monoisotopic (exact) mass is 783 g/mol. The molecule has 1 aromatic heterocycles. The third-order valence-corrected chi connectivity index (χ3v) is 12.8. The van der Waals surface area contributed by atoms with Gasteiger partial charge in [-0.15, -0.1) is 0 Å². The quantitative estimate of drug-likeness (QED) is 0.160. The second-order valence-corrected chi connectivity index (χ2v) is 16.8. The third kappa shape index (κ3) is 6.09. The van der Waals surface area contributed by atoms with Crippen LogP contribution in [0.4, 0.5) is 17.1 Å². The van der Waals surface area contributed by atoms with Crippen LogP contribution < -0.4 is 4.90 Å². The first-order valence-corrected chi connectivity index (χ1v) is 21.3. The van der Waals surface area contributed by atoms with Gasteiger partial charge in [0.15, 0.2) is 0 Å². The third-order valence-electron chi connectivity index (χ3n) is 12.8. The highest BCUT2D eigenvalue weighted by molar-refractivity contribution is 6.15. The number of para-hydroxylation sites is 1. The summed E-state index contributed by atoms with van der Waals surface area (Å²) in [6.45, 7) is 6.82. The Kier molecular flexibility index (Phi) is 8.83. The van der Waals surface area contributed by atoms with Crippen LogP contribution in [0.1, 0.15) is 43.9 Å². The van der Waals surface area contributed by atoms with E-state index < -0.39 is 0 Å². The van der Waals surface area contributed by atoms with E-state index in [4.69, 9.17) is 4.42 Å². The Morgan fingerprint density at radius 1 is 0.590 bits per heavy atom. The first-order chi connectivity index (χ1) is 30.0. The van der Waals surface area contributed by atoms with Gasteiger partial charge in [0.2, 0.25) is 0 Å². The van der Waals surface area contributed by atoms with Crippen molar-refractivity contribution >= 4 is 55.3 Å². The van der Waals surface area contributed by atoms with Crippen molar-refractivity contribution in [2.75, 3.05) is 4.90 Å². The van der Waals surface area contributed by atoms with Crippen LogP contribution in [0.15, 0.2) is 216 Å². The number of fused-ring (bicyclic) bond motifs is 8. The summed E-state index contributed by atoms with van der Waals surface area (Å²) in [5.74, 6) is 0. The zero-order valence-electron chi connectivity index (χ0n) is 34.7. The molecule has 0 unspecified atom stereocenters. The maximum absolute atomic E-state index is 6.54. The first-order valence-electron chi connectivity index (χ1n) is 21.3. The molecule has 61 heavy (non-hydrogen) atoms. The number of hydrogen-bond donors (Lipinski definition) is 0. The smallest absolute Gasteiger partial charge is 0.143 e. The molecule has 0 saturated carbocycles. The van der Waals surface area contributed by atoms with E-state index >= 15 is 0 Å². The van der Waals surface area contributed by atoms with E-state index in [9.17, 15) is 0 Å². The molecule has 0 N–H and O–H groups in total. The summed E-state index contributed by atoms with van der Waals surface area (Å²) in [5, 5.41) is 4.56. The second-order valence-electron chi connectivity index (χ2n) is 16.8. The van der Waals surface area contributed by atoms with Gasteiger partial charge in [0.25, 0.3) is 0 Å². The molecule has 2 aliphatic carbocycles. The van der Waals surface area contributed by atoms with E-state index in [0.29, 0.717) is 0 Å². The van der Waals surface area contributed by atoms with Gasteiger partial charge in [-0.2, -0.15) is 0 Å². The minimum atomic E-state index is -0.104. The van der Waals surface area contributed by atoms with Crippen LogP contribution >= 0.6 is 0 Å². The topological polar surface area (TPSA) is 16.4 Å². The lowest BCUT2D eigenvalue weighted by Gasteiger charge is -2.29. The number of rotatable bonds is 7. The molecule has 292 valence electrons. The largest absolute Gasteiger partial charge is 0.455 e. The molecule has 0 amide bonds. The van der Waals surface area contributed by atoms with E-state index in [1.807, 2.05) is 0 Å². The van der Waals surface area contributed by atoms with Crippen LogP contribution in [0, 0.1) is 0 Å². The number of allylic oxidation sites excluding steroid dienone is 8. The van der Waals surface area contributed by atoms with Crippen LogP contribution in [0.5, 0.6) is 0 Å². The van der Waals surface area contributed by atoms with E-state index in [0.717, 1.165) is 61.9 Å². The van der Waals surface area contributed by atoms with Crippen LogP contribution in [-0.2, 0) is 5.41 Å². The highest BCUT2D eigenvalue weighted by atomic mass is 16.3. The number of hydrogen-bond acceptors (Lipinski definition) is 2. The van der Waals surface area contributed by atoms with Crippen molar-refractivity contribution in [1.82, 2.24) is 0 Å². The molecule has 0 radical (unpaired) electrons.